The van der Waals surface area contributed by atoms with Crippen molar-refractivity contribution in [1.29, 1.82) is 0 Å². The highest BCUT2D eigenvalue weighted by Crippen LogP contribution is 2.37. The summed E-state index contributed by atoms with van der Waals surface area (Å²) in [6.45, 7) is 2.20. The van der Waals surface area contributed by atoms with Crippen LogP contribution in [0, 0.1) is 0 Å². The van der Waals surface area contributed by atoms with Crippen molar-refractivity contribution in [2.45, 2.75) is 25.9 Å². The monoisotopic (exact) mass is 994 g/mol. The van der Waals surface area contributed by atoms with Crippen LogP contribution in [0.25, 0.3) is 0 Å². The SMILES string of the molecule is CC(=O)C(N=Nc1cccc(C(=O)Nc2ccc(Cl)c(Cl)c2)c1Cl)C(=O)Nc1ccc(NC(=O)C(N=Nc2cccc(C(=O)Nc3ccc(Cl)c(Cl)c3)c2Cl)C(C)=O)c(Cl)c1Cl. The Morgan fingerprint density at radius 3 is 1.16 bits per heavy atom. The van der Waals surface area contributed by atoms with E-state index >= 15 is 0 Å². The number of carbonyl (C=O) groups excluding carboxylic acids is 6. The first-order valence-corrected chi connectivity index (χ1v) is 20.4. The van der Waals surface area contributed by atoms with Crippen molar-refractivity contribution in [3.63, 3.8) is 0 Å². The highest BCUT2D eigenvalue weighted by Gasteiger charge is 2.28. The largest absolute Gasteiger partial charge is 0.322 e. The highest BCUT2D eigenvalue weighted by atomic mass is 35.5. The second kappa shape index (κ2) is 21.3. The van der Waals surface area contributed by atoms with Gasteiger partial charge in [0.1, 0.15) is 11.4 Å². The molecular formula is C40H26Cl8N8O6. The molecule has 0 aliphatic heterocycles. The zero-order chi connectivity index (χ0) is 45.4. The van der Waals surface area contributed by atoms with E-state index in [9.17, 15) is 28.8 Å². The summed E-state index contributed by atoms with van der Waals surface area (Å²) in [6, 6.07) is 16.7. The molecule has 5 rings (SSSR count). The van der Waals surface area contributed by atoms with Gasteiger partial charge in [-0.25, -0.2) is 0 Å². The van der Waals surface area contributed by atoms with Gasteiger partial charge in [0.15, 0.2) is 11.6 Å². The molecule has 0 saturated carbocycles. The summed E-state index contributed by atoms with van der Waals surface area (Å²) in [5, 5.41) is 26.1. The van der Waals surface area contributed by atoms with Crippen LogP contribution >= 0.6 is 92.8 Å². The summed E-state index contributed by atoms with van der Waals surface area (Å²) < 4.78 is 0. The lowest BCUT2D eigenvalue weighted by Gasteiger charge is -2.15. The van der Waals surface area contributed by atoms with E-state index in [1.165, 1.54) is 84.9 Å². The number of azo groups is 2. The Hall–Kier alpha value is -5.16. The number of carbonyl (C=O) groups is 6. The Bertz CT molecular complexity index is 2530. The van der Waals surface area contributed by atoms with E-state index in [2.05, 4.69) is 41.7 Å². The molecule has 318 valence electrons. The zero-order valence-corrected chi connectivity index (χ0v) is 37.5. The highest BCUT2D eigenvalue weighted by molar-refractivity contribution is 6.46. The van der Waals surface area contributed by atoms with Crippen LogP contribution in [0.3, 0.4) is 0 Å². The van der Waals surface area contributed by atoms with Crippen molar-refractivity contribution in [2.24, 2.45) is 20.5 Å². The Morgan fingerprint density at radius 2 is 0.823 bits per heavy atom. The minimum atomic E-state index is -1.71. The Morgan fingerprint density at radius 1 is 0.452 bits per heavy atom. The van der Waals surface area contributed by atoms with Gasteiger partial charge < -0.3 is 21.3 Å². The standard InChI is InChI=1S/C40H26Cl8N8O6/c1-17(57)35(55-53-29-7-3-5-21(31(29)45)37(59)49-19-9-11-23(41)25(43)15-19)39(61)51-27-13-14-28(34(48)33(27)47)52-40(62)36(18(2)58)56-54-30-8-4-6-22(32(30)46)38(60)50-20-10-12-24(42)26(44)16-20/h3-16,35-36H,1-2H3,(H,49,59)(H,50,60)(H,51,61)(H,52,62). The maximum atomic E-state index is 13.3. The number of benzene rings is 5. The summed E-state index contributed by atoms with van der Waals surface area (Å²) in [7, 11) is 0. The van der Waals surface area contributed by atoms with Gasteiger partial charge in [0.2, 0.25) is 12.1 Å². The Kier molecular flexibility index (Phi) is 16.4. The third kappa shape index (κ3) is 11.8. The van der Waals surface area contributed by atoms with Crippen LogP contribution in [0.4, 0.5) is 34.1 Å². The Balaban J connectivity index is 1.26. The number of nitrogens with zero attached hydrogens (tertiary/aromatic N) is 4. The van der Waals surface area contributed by atoms with Gasteiger partial charge in [0.05, 0.1) is 62.7 Å². The molecule has 0 radical (unpaired) electrons. The fraction of sp³-hybridized carbons (Fsp3) is 0.100. The van der Waals surface area contributed by atoms with Crippen LogP contribution in [-0.4, -0.2) is 47.3 Å². The number of ketones is 2. The van der Waals surface area contributed by atoms with Crippen molar-refractivity contribution in [2.75, 3.05) is 21.3 Å². The first-order valence-electron chi connectivity index (χ1n) is 17.4. The molecular weight excluding hydrogens is 972 g/mol. The van der Waals surface area contributed by atoms with E-state index < -0.39 is 47.3 Å². The second-order valence-corrected chi connectivity index (χ2v) is 15.8. The number of rotatable bonds is 14. The van der Waals surface area contributed by atoms with Crippen molar-refractivity contribution in [1.82, 2.24) is 0 Å². The van der Waals surface area contributed by atoms with Gasteiger partial charge in [-0.15, -0.1) is 0 Å². The summed E-state index contributed by atoms with van der Waals surface area (Å²) in [5.74, 6) is -4.60. The van der Waals surface area contributed by atoms with Crippen LogP contribution in [0.1, 0.15) is 34.6 Å². The van der Waals surface area contributed by atoms with Crippen LogP contribution in [0.2, 0.25) is 40.2 Å². The van der Waals surface area contributed by atoms with Crippen LogP contribution in [-0.2, 0) is 19.2 Å². The topological polar surface area (TPSA) is 200 Å². The molecule has 4 N–H and O–H groups in total. The molecule has 5 aromatic rings. The number of amides is 4. The number of halogens is 8. The molecule has 2 atom stereocenters. The third-order valence-corrected chi connectivity index (χ3v) is 11.4. The smallest absolute Gasteiger partial charge is 0.258 e. The van der Waals surface area contributed by atoms with Crippen molar-refractivity contribution in [3.05, 3.63) is 136 Å². The molecule has 14 nitrogen and oxygen atoms in total. The molecule has 0 fully saturated rings. The summed E-state index contributed by atoms with van der Waals surface area (Å²) in [6.07, 6.45) is 0. The molecule has 0 spiro atoms. The fourth-order valence-corrected chi connectivity index (χ4v) is 6.63. The van der Waals surface area contributed by atoms with Gasteiger partial charge in [-0.1, -0.05) is 105 Å². The Labute approximate surface area is 392 Å². The zero-order valence-electron chi connectivity index (χ0n) is 31.5. The molecule has 0 aliphatic rings. The predicted molar refractivity (Wildman–Crippen MR) is 243 cm³/mol. The van der Waals surface area contributed by atoms with E-state index in [4.69, 9.17) is 92.8 Å². The molecule has 0 heterocycles. The van der Waals surface area contributed by atoms with Gasteiger partial charge in [-0.3, -0.25) is 28.8 Å². The second-order valence-electron chi connectivity index (χ2n) is 12.7. The maximum Gasteiger partial charge on any atom is 0.258 e. The maximum absolute atomic E-state index is 13.3. The lowest BCUT2D eigenvalue weighted by atomic mass is 10.1. The quantitative estimate of drug-likeness (QED) is 0.0630. The normalized spacial score (nSPS) is 12.2. The van der Waals surface area contributed by atoms with Crippen LogP contribution in [0.15, 0.2) is 105 Å². The molecule has 22 heteroatoms. The van der Waals surface area contributed by atoms with Gasteiger partial charge in [-0.2, -0.15) is 20.5 Å². The lowest BCUT2D eigenvalue weighted by molar-refractivity contribution is -0.127. The fourth-order valence-electron chi connectivity index (χ4n) is 5.11. The first kappa shape index (κ1) is 47.9. The van der Waals surface area contributed by atoms with E-state index in [1.54, 1.807) is 0 Å². The van der Waals surface area contributed by atoms with Crippen LogP contribution in [0.5, 0.6) is 0 Å². The van der Waals surface area contributed by atoms with E-state index in [-0.39, 0.29) is 64.0 Å². The van der Waals surface area contributed by atoms with E-state index in [0.717, 1.165) is 13.8 Å². The average Bonchev–Trinajstić information content (AvgIpc) is 3.21. The molecule has 0 aliphatic carbocycles. The van der Waals surface area contributed by atoms with Gasteiger partial charge in [0, 0.05) is 11.4 Å². The van der Waals surface area contributed by atoms with Gasteiger partial charge >= 0.3 is 0 Å². The van der Waals surface area contributed by atoms with Crippen molar-refractivity contribution >= 4 is 162 Å². The predicted octanol–water partition coefficient (Wildman–Crippen LogP) is 12.8. The number of anilines is 4. The first-order chi connectivity index (χ1) is 29.4. The van der Waals surface area contributed by atoms with Gasteiger partial charge in [0.25, 0.3) is 23.6 Å². The average molecular weight is 998 g/mol. The molecule has 0 saturated heterocycles. The minimum Gasteiger partial charge on any atom is -0.322 e. The van der Waals surface area contributed by atoms with Crippen LogP contribution < -0.4 is 21.3 Å². The van der Waals surface area contributed by atoms with E-state index in [1.807, 2.05) is 0 Å². The third-order valence-electron chi connectivity index (χ3n) is 8.23. The summed E-state index contributed by atoms with van der Waals surface area (Å²) in [4.78, 5) is 77.6. The van der Waals surface area contributed by atoms with E-state index in [0.29, 0.717) is 21.4 Å². The van der Waals surface area contributed by atoms with Gasteiger partial charge in [-0.05, 0) is 86.6 Å². The molecule has 0 bridgehead atoms. The molecule has 4 amide bonds. The number of hydrogen-bond donors (Lipinski definition) is 4. The minimum absolute atomic E-state index is 0.00249. The number of hydrogen-bond acceptors (Lipinski definition) is 10. The molecule has 2 unspecified atom stereocenters. The molecule has 5 aromatic carbocycles. The summed E-state index contributed by atoms with van der Waals surface area (Å²) in [5.41, 5.74) is 0.462. The summed E-state index contributed by atoms with van der Waals surface area (Å²) >= 11 is 49.8. The lowest BCUT2D eigenvalue weighted by Crippen LogP contribution is -2.32. The molecule has 62 heavy (non-hydrogen) atoms. The van der Waals surface area contributed by atoms with Crippen molar-refractivity contribution in [3.8, 4) is 0 Å². The van der Waals surface area contributed by atoms with Crippen molar-refractivity contribution < 1.29 is 28.8 Å². The number of Topliss-reactive ketones (excluding diaryl/α,β-unsaturated/α-hetero) is 2. The number of nitrogens with one attached hydrogen (secondary N) is 4. The molecule has 0 aromatic heterocycles.